The Hall–Kier alpha value is -1.51. The van der Waals surface area contributed by atoms with Crippen molar-refractivity contribution < 1.29 is 9.53 Å². The van der Waals surface area contributed by atoms with E-state index in [1.807, 2.05) is 30.1 Å². The van der Waals surface area contributed by atoms with E-state index in [0.29, 0.717) is 0 Å². The molecular formula is C15H19NO2. The molecule has 0 bridgehead atoms. The van der Waals surface area contributed by atoms with Crippen molar-refractivity contribution in [3.8, 4) is 5.75 Å². The fourth-order valence-corrected chi connectivity index (χ4v) is 3.51. The third-order valence-electron chi connectivity index (χ3n) is 4.50. The van der Waals surface area contributed by atoms with Crippen LogP contribution in [0.15, 0.2) is 24.3 Å². The van der Waals surface area contributed by atoms with Gasteiger partial charge in [-0.15, -0.1) is 0 Å². The number of rotatable bonds is 1. The Morgan fingerprint density at radius 3 is 2.94 bits per heavy atom. The maximum Gasteiger partial charge on any atom is 0.220 e. The van der Waals surface area contributed by atoms with Gasteiger partial charge < -0.3 is 9.64 Å². The lowest BCUT2D eigenvalue weighted by atomic mass is 9.74. The van der Waals surface area contributed by atoms with E-state index in [4.69, 9.17) is 4.74 Å². The Labute approximate surface area is 108 Å². The number of fused-ring (bicyclic) bond motifs is 3. The van der Waals surface area contributed by atoms with Crippen molar-refractivity contribution in [2.75, 3.05) is 7.05 Å². The number of carbonyl (C=O) groups is 1. The number of hydrogen-bond acceptors (Lipinski definition) is 2. The zero-order chi connectivity index (χ0) is 12.8. The molecule has 3 heteroatoms. The van der Waals surface area contributed by atoms with Crippen molar-refractivity contribution in [1.29, 1.82) is 0 Å². The predicted octanol–water partition coefficient (Wildman–Crippen LogP) is 2.70. The van der Waals surface area contributed by atoms with Crippen LogP contribution >= 0.6 is 0 Å². The number of nitrogens with zero attached hydrogens (tertiary/aromatic N) is 1. The minimum absolute atomic E-state index is 0.113. The average Bonchev–Trinajstić information content (AvgIpc) is 2.73. The normalized spacial score (nSPS) is 29.1. The second kappa shape index (κ2) is 4.01. The highest BCUT2D eigenvalue weighted by Crippen LogP contribution is 2.51. The van der Waals surface area contributed by atoms with Gasteiger partial charge in [0.25, 0.3) is 0 Å². The topological polar surface area (TPSA) is 29.5 Å². The van der Waals surface area contributed by atoms with E-state index < -0.39 is 0 Å². The molecule has 1 fully saturated rings. The van der Waals surface area contributed by atoms with Gasteiger partial charge in [-0.2, -0.15) is 0 Å². The Morgan fingerprint density at radius 2 is 2.17 bits per heavy atom. The number of benzene rings is 1. The predicted molar refractivity (Wildman–Crippen MR) is 69.4 cm³/mol. The highest BCUT2D eigenvalue weighted by molar-refractivity contribution is 5.75. The Morgan fingerprint density at radius 1 is 1.39 bits per heavy atom. The summed E-state index contributed by atoms with van der Waals surface area (Å²) in [5.74, 6) is 1.07. The molecule has 1 aliphatic heterocycles. The van der Waals surface area contributed by atoms with Crippen LogP contribution in [-0.2, 0) is 10.3 Å². The van der Waals surface area contributed by atoms with E-state index in [1.165, 1.54) is 12.0 Å². The third kappa shape index (κ3) is 1.39. The molecule has 2 atom stereocenters. The Kier molecular flexibility index (Phi) is 2.58. The van der Waals surface area contributed by atoms with E-state index in [2.05, 4.69) is 6.07 Å². The Bertz CT molecular complexity index is 485. The van der Waals surface area contributed by atoms with E-state index in [9.17, 15) is 4.79 Å². The van der Waals surface area contributed by atoms with Gasteiger partial charge in [-0.1, -0.05) is 24.6 Å². The van der Waals surface area contributed by atoms with Gasteiger partial charge in [0.15, 0.2) is 0 Å². The van der Waals surface area contributed by atoms with Crippen LogP contribution in [0.3, 0.4) is 0 Å². The highest BCUT2D eigenvalue weighted by atomic mass is 16.5. The quantitative estimate of drug-likeness (QED) is 0.761. The van der Waals surface area contributed by atoms with Crippen molar-refractivity contribution >= 4 is 5.91 Å². The molecule has 96 valence electrons. The summed E-state index contributed by atoms with van der Waals surface area (Å²) >= 11 is 0. The van der Waals surface area contributed by atoms with Crippen molar-refractivity contribution in [2.45, 2.75) is 44.2 Å². The largest absolute Gasteiger partial charge is 0.487 e. The van der Waals surface area contributed by atoms with Gasteiger partial charge >= 0.3 is 0 Å². The molecule has 0 radical (unpaired) electrons. The molecule has 0 aromatic heterocycles. The summed E-state index contributed by atoms with van der Waals surface area (Å²) in [6.07, 6.45) is 4.51. The molecule has 3 rings (SSSR count). The molecule has 18 heavy (non-hydrogen) atoms. The third-order valence-corrected chi connectivity index (χ3v) is 4.50. The maximum atomic E-state index is 11.9. The van der Waals surface area contributed by atoms with Gasteiger partial charge in [-0.05, 0) is 25.3 Å². The van der Waals surface area contributed by atoms with Gasteiger partial charge in [-0.3, -0.25) is 4.79 Å². The SMILES string of the molecule is CC(=O)N(C)C12CCCCC1Oc1ccccc12. The molecule has 1 aliphatic carbocycles. The highest BCUT2D eigenvalue weighted by Gasteiger charge is 2.53. The monoisotopic (exact) mass is 245 g/mol. The van der Waals surface area contributed by atoms with Crippen LogP contribution in [0, 0.1) is 0 Å². The minimum Gasteiger partial charge on any atom is -0.487 e. The minimum atomic E-state index is -0.235. The number of amides is 1. The summed E-state index contributed by atoms with van der Waals surface area (Å²) in [4.78, 5) is 13.8. The molecule has 1 aromatic carbocycles. The first kappa shape index (κ1) is 11.6. The molecule has 1 heterocycles. The number of hydrogen-bond donors (Lipinski definition) is 0. The summed E-state index contributed by atoms with van der Waals surface area (Å²) in [5.41, 5.74) is 0.952. The van der Waals surface area contributed by atoms with Crippen LogP contribution in [0.1, 0.15) is 38.2 Å². The van der Waals surface area contributed by atoms with E-state index >= 15 is 0 Å². The molecule has 0 spiro atoms. The van der Waals surface area contributed by atoms with E-state index in [0.717, 1.165) is 25.0 Å². The smallest absolute Gasteiger partial charge is 0.220 e. The fraction of sp³-hybridized carbons (Fsp3) is 0.533. The first-order valence-electron chi connectivity index (χ1n) is 6.67. The van der Waals surface area contributed by atoms with Gasteiger partial charge in [0.1, 0.15) is 17.4 Å². The molecule has 1 saturated carbocycles. The number of para-hydroxylation sites is 1. The number of likely N-dealkylation sites (N-methyl/N-ethyl adjacent to an activating group) is 1. The number of carbonyl (C=O) groups excluding carboxylic acids is 1. The Balaban J connectivity index is 2.14. The summed E-state index contributed by atoms with van der Waals surface area (Å²) in [6.45, 7) is 1.64. The van der Waals surface area contributed by atoms with Crippen LogP contribution in [0.4, 0.5) is 0 Å². The van der Waals surface area contributed by atoms with Crippen LogP contribution in [0.2, 0.25) is 0 Å². The first-order valence-corrected chi connectivity index (χ1v) is 6.67. The molecular weight excluding hydrogens is 226 g/mol. The van der Waals surface area contributed by atoms with Crippen molar-refractivity contribution in [2.24, 2.45) is 0 Å². The molecule has 0 saturated heterocycles. The van der Waals surface area contributed by atoms with Crippen molar-refractivity contribution in [3.05, 3.63) is 29.8 Å². The maximum absolute atomic E-state index is 11.9. The van der Waals surface area contributed by atoms with Crippen LogP contribution < -0.4 is 4.74 Å². The summed E-state index contributed by atoms with van der Waals surface area (Å²) < 4.78 is 6.09. The zero-order valence-corrected chi connectivity index (χ0v) is 11.0. The molecule has 0 N–H and O–H groups in total. The second-order valence-corrected chi connectivity index (χ2v) is 5.35. The summed E-state index contributed by atoms with van der Waals surface area (Å²) in [6, 6.07) is 8.16. The van der Waals surface area contributed by atoms with Crippen molar-refractivity contribution in [3.63, 3.8) is 0 Å². The van der Waals surface area contributed by atoms with Crippen molar-refractivity contribution in [1.82, 2.24) is 4.90 Å². The van der Waals surface area contributed by atoms with E-state index in [-0.39, 0.29) is 17.6 Å². The molecule has 1 amide bonds. The van der Waals surface area contributed by atoms with Gasteiger partial charge in [-0.25, -0.2) is 0 Å². The summed E-state index contributed by atoms with van der Waals surface area (Å²) in [5, 5.41) is 0. The van der Waals surface area contributed by atoms with Gasteiger partial charge in [0, 0.05) is 19.5 Å². The molecule has 2 aliphatic rings. The zero-order valence-electron chi connectivity index (χ0n) is 11.0. The van der Waals surface area contributed by atoms with Crippen LogP contribution in [-0.4, -0.2) is 24.0 Å². The summed E-state index contributed by atoms with van der Waals surface area (Å²) in [7, 11) is 1.91. The lowest BCUT2D eigenvalue weighted by Crippen LogP contribution is -2.54. The first-order chi connectivity index (χ1) is 8.66. The fourth-order valence-electron chi connectivity index (χ4n) is 3.51. The lowest BCUT2D eigenvalue weighted by Gasteiger charge is -2.44. The van der Waals surface area contributed by atoms with Gasteiger partial charge in [0.2, 0.25) is 5.91 Å². The molecule has 2 unspecified atom stereocenters. The molecule has 1 aromatic rings. The standard InChI is InChI=1S/C15H19NO2/c1-11(17)16(2)15-10-6-5-9-14(15)18-13-8-4-3-7-12(13)15/h3-4,7-8,14H,5-6,9-10H2,1-2H3. The molecule has 3 nitrogen and oxygen atoms in total. The lowest BCUT2D eigenvalue weighted by molar-refractivity contribution is -0.138. The average molecular weight is 245 g/mol. The second-order valence-electron chi connectivity index (χ2n) is 5.35. The van der Waals surface area contributed by atoms with E-state index in [1.54, 1.807) is 6.92 Å². The van der Waals surface area contributed by atoms with Crippen LogP contribution in [0.25, 0.3) is 0 Å². The van der Waals surface area contributed by atoms with Gasteiger partial charge in [0.05, 0.1) is 0 Å². The number of ether oxygens (including phenoxy) is 1. The van der Waals surface area contributed by atoms with Crippen LogP contribution in [0.5, 0.6) is 5.75 Å².